The Bertz CT molecular complexity index is 440. The molecule has 0 heterocycles. The zero-order valence-corrected chi connectivity index (χ0v) is 13.9. The molecule has 0 unspecified atom stereocenters. The van der Waals surface area contributed by atoms with Gasteiger partial charge in [-0.05, 0) is 53.6 Å². The van der Waals surface area contributed by atoms with Gasteiger partial charge in [0.1, 0.15) is 5.75 Å². The maximum atomic E-state index is 11.3. The predicted molar refractivity (Wildman–Crippen MR) is 86.0 cm³/mol. The Morgan fingerprint density at radius 1 is 1.30 bits per heavy atom. The van der Waals surface area contributed by atoms with E-state index >= 15 is 0 Å². The molecule has 5 heteroatoms. The van der Waals surface area contributed by atoms with Gasteiger partial charge in [-0.2, -0.15) is 0 Å². The molecule has 1 aromatic rings. The summed E-state index contributed by atoms with van der Waals surface area (Å²) in [5.41, 5.74) is 1.09. The van der Waals surface area contributed by atoms with Gasteiger partial charge in [0.2, 0.25) is 0 Å². The summed E-state index contributed by atoms with van der Waals surface area (Å²) in [7, 11) is 1.64. The van der Waals surface area contributed by atoms with Crippen LogP contribution in [0.25, 0.3) is 0 Å². The molecule has 0 fully saturated rings. The standard InChI is InChI=1S/C15H19IO4/c1-3-20-15(17)14(16)5-4-10-19-11-12-6-8-13(18-2)9-7-12/h5-9H,3-4,10-11H2,1-2H3/b14-5-. The van der Waals surface area contributed by atoms with Crippen molar-refractivity contribution in [2.75, 3.05) is 20.3 Å². The van der Waals surface area contributed by atoms with Gasteiger partial charge in [-0.15, -0.1) is 0 Å². The van der Waals surface area contributed by atoms with Gasteiger partial charge in [0.15, 0.2) is 0 Å². The topological polar surface area (TPSA) is 44.8 Å². The lowest BCUT2D eigenvalue weighted by molar-refractivity contribution is -0.137. The van der Waals surface area contributed by atoms with Gasteiger partial charge in [0.05, 0.1) is 30.5 Å². The second-order valence-corrected chi connectivity index (χ2v) is 5.12. The smallest absolute Gasteiger partial charge is 0.344 e. The molecule has 0 spiro atoms. The number of carbonyl (C=O) groups excluding carboxylic acids is 1. The normalized spacial score (nSPS) is 11.2. The van der Waals surface area contributed by atoms with Crippen LogP contribution in [0.3, 0.4) is 0 Å². The van der Waals surface area contributed by atoms with Crippen molar-refractivity contribution in [2.24, 2.45) is 0 Å². The van der Waals surface area contributed by atoms with E-state index in [0.29, 0.717) is 29.8 Å². The Labute approximate surface area is 133 Å². The summed E-state index contributed by atoms with van der Waals surface area (Å²) >= 11 is 1.98. The molecule has 0 aliphatic rings. The van der Waals surface area contributed by atoms with E-state index in [1.54, 1.807) is 14.0 Å². The molecule has 0 N–H and O–H groups in total. The lowest BCUT2D eigenvalue weighted by Crippen LogP contribution is -2.03. The number of hydrogen-bond donors (Lipinski definition) is 0. The summed E-state index contributed by atoms with van der Waals surface area (Å²) in [4.78, 5) is 11.3. The number of esters is 1. The molecule has 1 rings (SSSR count). The van der Waals surface area contributed by atoms with Gasteiger partial charge < -0.3 is 14.2 Å². The number of methoxy groups -OCH3 is 1. The third kappa shape index (κ3) is 6.38. The molecule has 0 saturated heterocycles. The Balaban J connectivity index is 2.24. The second kappa shape index (κ2) is 9.77. The van der Waals surface area contributed by atoms with Crippen molar-refractivity contribution in [3.8, 4) is 5.75 Å². The molecule has 0 atom stereocenters. The third-order valence-electron chi connectivity index (χ3n) is 2.48. The Morgan fingerprint density at radius 2 is 2.00 bits per heavy atom. The number of rotatable bonds is 8. The first-order valence-electron chi connectivity index (χ1n) is 6.40. The van der Waals surface area contributed by atoms with Crippen molar-refractivity contribution in [3.05, 3.63) is 39.5 Å². The molecule has 0 aliphatic carbocycles. The summed E-state index contributed by atoms with van der Waals surface area (Å²) in [5.74, 6) is 0.559. The second-order valence-electron chi connectivity index (χ2n) is 3.96. The Morgan fingerprint density at radius 3 is 2.60 bits per heavy atom. The number of hydrogen-bond acceptors (Lipinski definition) is 4. The van der Waals surface area contributed by atoms with Crippen molar-refractivity contribution < 1.29 is 19.0 Å². The molecule has 0 amide bonds. The molecule has 1 aromatic carbocycles. The van der Waals surface area contributed by atoms with Crippen molar-refractivity contribution in [1.29, 1.82) is 0 Å². The zero-order valence-electron chi connectivity index (χ0n) is 11.7. The number of carbonyl (C=O) groups is 1. The fraction of sp³-hybridized carbons (Fsp3) is 0.400. The molecule has 0 bridgehead atoms. The monoisotopic (exact) mass is 390 g/mol. The van der Waals surface area contributed by atoms with Gasteiger partial charge in [-0.3, -0.25) is 0 Å². The average Bonchev–Trinajstić information content (AvgIpc) is 2.47. The van der Waals surface area contributed by atoms with Gasteiger partial charge in [-0.1, -0.05) is 18.2 Å². The zero-order chi connectivity index (χ0) is 14.8. The van der Waals surface area contributed by atoms with E-state index in [-0.39, 0.29) is 5.97 Å². The Hall–Kier alpha value is -1.08. The van der Waals surface area contributed by atoms with E-state index in [1.807, 2.05) is 52.9 Å². The van der Waals surface area contributed by atoms with E-state index in [1.165, 1.54) is 0 Å². The average molecular weight is 390 g/mol. The lowest BCUT2D eigenvalue weighted by Gasteiger charge is -2.04. The van der Waals surface area contributed by atoms with E-state index in [0.717, 1.165) is 11.3 Å². The highest BCUT2D eigenvalue weighted by atomic mass is 127. The fourth-order valence-corrected chi connectivity index (χ4v) is 1.93. The van der Waals surface area contributed by atoms with Crippen LogP contribution in [0.1, 0.15) is 18.9 Å². The molecule has 0 saturated carbocycles. The van der Waals surface area contributed by atoms with Crippen molar-refractivity contribution in [2.45, 2.75) is 20.0 Å². The highest BCUT2D eigenvalue weighted by Crippen LogP contribution is 2.12. The molecule has 0 aliphatic heterocycles. The summed E-state index contributed by atoms with van der Waals surface area (Å²) < 4.78 is 16.1. The Kier molecular flexibility index (Phi) is 8.29. The number of ether oxygens (including phenoxy) is 3. The van der Waals surface area contributed by atoms with E-state index in [4.69, 9.17) is 14.2 Å². The number of halogens is 1. The van der Waals surface area contributed by atoms with E-state index < -0.39 is 0 Å². The van der Waals surface area contributed by atoms with Crippen LogP contribution >= 0.6 is 22.6 Å². The van der Waals surface area contributed by atoms with Crippen LogP contribution < -0.4 is 4.74 Å². The van der Waals surface area contributed by atoms with Crippen LogP contribution in [0, 0.1) is 0 Å². The SMILES string of the molecule is CCOC(=O)/C(I)=C/CCOCc1ccc(OC)cc1. The van der Waals surface area contributed by atoms with Gasteiger partial charge >= 0.3 is 5.97 Å². The van der Waals surface area contributed by atoms with Crippen LogP contribution in [-0.2, 0) is 20.9 Å². The molecular weight excluding hydrogens is 371 g/mol. The first-order chi connectivity index (χ1) is 9.67. The summed E-state index contributed by atoms with van der Waals surface area (Å²) in [6.45, 7) is 3.30. The van der Waals surface area contributed by atoms with E-state index in [9.17, 15) is 4.79 Å². The first-order valence-corrected chi connectivity index (χ1v) is 7.48. The third-order valence-corrected chi connectivity index (χ3v) is 3.36. The van der Waals surface area contributed by atoms with Crippen molar-refractivity contribution in [1.82, 2.24) is 0 Å². The van der Waals surface area contributed by atoms with Crippen LogP contribution in [-0.4, -0.2) is 26.3 Å². The minimum absolute atomic E-state index is 0.275. The fourth-order valence-electron chi connectivity index (χ4n) is 1.46. The van der Waals surface area contributed by atoms with Crippen LogP contribution in [0.15, 0.2) is 33.9 Å². The van der Waals surface area contributed by atoms with Gasteiger partial charge in [0.25, 0.3) is 0 Å². The van der Waals surface area contributed by atoms with E-state index in [2.05, 4.69) is 0 Å². The van der Waals surface area contributed by atoms with Crippen molar-refractivity contribution in [3.63, 3.8) is 0 Å². The quantitative estimate of drug-likeness (QED) is 0.295. The van der Waals surface area contributed by atoms with Crippen LogP contribution in [0.5, 0.6) is 5.75 Å². The summed E-state index contributed by atoms with van der Waals surface area (Å²) in [6, 6.07) is 7.75. The minimum Gasteiger partial charge on any atom is -0.497 e. The highest BCUT2D eigenvalue weighted by Gasteiger charge is 2.04. The molecule has 0 radical (unpaired) electrons. The van der Waals surface area contributed by atoms with Crippen molar-refractivity contribution >= 4 is 28.6 Å². The number of benzene rings is 1. The summed E-state index contributed by atoms with van der Waals surface area (Å²) in [6.07, 6.45) is 2.51. The predicted octanol–water partition coefficient (Wildman–Crippen LogP) is 3.48. The molecule has 20 heavy (non-hydrogen) atoms. The van der Waals surface area contributed by atoms with Gasteiger partial charge in [0, 0.05) is 0 Å². The molecule has 0 aromatic heterocycles. The lowest BCUT2D eigenvalue weighted by atomic mass is 10.2. The van der Waals surface area contributed by atoms with Crippen LogP contribution in [0.4, 0.5) is 0 Å². The summed E-state index contributed by atoms with van der Waals surface area (Å²) in [5, 5.41) is 0. The first kappa shape index (κ1) is 17.0. The maximum absolute atomic E-state index is 11.3. The van der Waals surface area contributed by atoms with Crippen LogP contribution in [0.2, 0.25) is 0 Å². The molecular formula is C15H19IO4. The maximum Gasteiger partial charge on any atom is 0.344 e. The molecule has 110 valence electrons. The van der Waals surface area contributed by atoms with Gasteiger partial charge in [-0.25, -0.2) is 4.79 Å². The largest absolute Gasteiger partial charge is 0.497 e. The minimum atomic E-state index is -0.275. The highest BCUT2D eigenvalue weighted by molar-refractivity contribution is 14.1. The molecule has 4 nitrogen and oxygen atoms in total.